The van der Waals surface area contributed by atoms with E-state index in [0.717, 1.165) is 30.1 Å². The third-order valence-electron chi connectivity index (χ3n) is 3.03. The summed E-state index contributed by atoms with van der Waals surface area (Å²) in [5.74, 6) is 0.767. The van der Waals surface area contributed by atoms with Gasteiger partial charge in [0.1, 0.15) is 5.75 Å². The third-order valence-corrected chi connectivity index (χ3v) is 3.96. The van der Waals surface area contributed by atoms with E-state index in [1.165, 1.54) is 4.88 Å². The van der Waals surface area contributed by atoms with Gasteiger partial charge in [-0.1, -0.05) is 12.1 Å². The van der Waals surface area contributed by atoms with Gasteiger partial charge in [0.05, 0.1) is 18.0 Å². The van der Waals surface area contributed by atoms with Crippen molar-refractivity contribution in [1.82, 2.24) is 0 Å². The second-order valence-electron chi connectivity index (χ2n) is 4.37. The molecule has 0 saturated carbocycles. The Morgan fingerprint density at radius 1 is 1.26 bits per heavy atom. The molecule has 0 aliphatic carbocycles. The van der Waals surface area contributed by atoms with Crippen molar-refractivity contribution in [3.05, 3.63) is 40.6 Å². The average Bonchev–Trinajstić information content (AvgIpc) is 2.92. The zero-order valence-corrected chi connectivity index (χ0v) is 12.2. The molecule has 102 valence electrons. The number of nitrogens with two attached hydrogens (primary N) is 1. The van der Waals surface area contributed by atoms with E-state index in [1.54, 1.807) is 11.3 Å². The van der Waals surface area contributed by atoms with Gasteiger partial charge in [0.25, 0.3) is 0 Å². The zero-order chi connectivity index (χ0) is 13.7. The highest BCUT2D eigenvalue weighted by molar-refractivity contribution is 7.09. The molecule has 0 aliphatic rings. The molecule has 0 fully saturated rings. The molecule has 0 radical (unpaired) electrons. The molecule has 3 nitrogen and oxygen atoms in total. The van der Waals surface area contributed by atoms with Crippen molar-refractivity contribution in [2.45, 2.75) is 13.3 Å². The van der Waals surface area contributed by atoms with Gasteiger partial charge in [0, 0.05) is 18.5 Å². The number of nitrogens with zero attached hydrogens (tertiary/aromatic N) is 1. The number of nitrogen functional groups attached to an aromatic ring is 1. The third kappa shape index (κ3) is 3.41. The summed E-state index contributed by atoms with van der Waals surface area (Å²) in [5.41, 5.74) is 7.91. The fourth-order valence-corrected chi connectivity index (χ4v) is 2.70. The molecule has 0 aliphatic heterocycles. The molecule has 1 aromatic carbocycles. The van der Waals surface area contributed by atoms with E-state index in [4.69, 9.17) is 10.5 Å². The first-order valence-corrected chi connectivity index (χ1v) is 7.35. The maximum absolute atomic E-state index is 6.16. The highest BCUT2D eigenvalue weighted by Crippen LogP contribution is 2.31. The Morgan fingerprint density at radius 2 is 2.11 bits per heavy atom. The molecule has 0 spiro atoms. The van der Waals surface area contributed by atoms with E-state index < -0.39 is 0 Å². The van der Waals surface area contributed by atoms with E-state index in [2.05, 4.69) is 29.5 Å². The van der Waals surface area contributed by atoms with Gasteiger partial charge in [-0.25, -0.2) is 0 Å². The number of ether oxygens (including phenoxy) is 1. The van der Waals surface area contributed by atoms with E-state index in [9.17, 15) is 0 Å². The lowest BCUT2D eigenvalue weighted by Crippen LogP contribution is -2.21. The lowest BCUT2D eigenvalue weighted by Gasteiger charge is -2.22. The number of benzene rings is 1. The number of hydrogen-bond acceptors (Lipinski definition) is 4. The van der Waals surface area contributed by atoms with Crippen LogP contribution in [-0.4, -0.2) is 20.2 Å². The maximum atomic E-state index is 6.16. The number of anilines is 2. The summed E-state index contributed by atoms with van der Waals surface area (Å²) in [6.07, 6.45) is 1.03. The molecule has 4 heteroatoms. The van der Waals surface area contributed by atoms with Crippen LogP contribution in [0.25, 0.3) is 0 Å². The van der Waals surface area contributed by atoms with Crippen LogP contribution in [0.1, 0.15) is 11.8 Å². The van der Waals surface area contributed by atoms with Gasteiger partial charge in [0.2, 0.25) is 0 Å². The Labute approximate surface area is 118 Å². The second-order valence-corrected chi connectivity index (χ2v) is 5.41. The molecular weight excluding hydrogens is 256 g/mol. The van der Waals surface area contributed by atoms with E-state index >= 15 is 0 Å². The summed E-state index contributed by atoms with van der Waals surface area (Å²) in [4.78, 5) is 3.57. The van der Waals surface area contributed by atoms with E-state index in [-0.39, 0.29) is 0 Å². The minimum absolute atomic E-state index is 0.632. The smallest absolute Gasteiger partial charge is 0.144 e. The predicted molar refractivity (Wildman–Crippen MR) is 83.3 cm³/mol. The molecule has 0 unspecified atom stereocenters. The maximum Gasteiger partial charge on any atom is 0.144 e. The molecule has 0 amide bonds. The Kier molecular flexibility index (Phi) is 4.68. The fourth-order valence-electron chi connectivity index (χ4n) is 2.00. The molecule has 2 rings (SSSR count). The Morgan fingerprint density at radius 3 is 2.79 bits per heavy atom. The van der Waals surface area contributed by atoms with Crippen LogP contribution >= 0.6 is 11.3 Å². The molecule has 0 bridgehead atoms. The quantitative estimate of drug-likeness (QED) is 0.822. The van der Waals surface area contributed by atoms with Crippen LogP contribution in [-0.2, 0) is 6.42 Å². The van der Waals surface area contributed by atoms with E-state index in [1.807, 2.05) is 25.1 Å². The first kappa shape index (κ1) is 13.7. The van der Waals surface area contributed by atoms with Crippen LogP contribution in [0.2, 0.25) is 0 Å². The van der Waals surface area contributed by atoms with Crippen molar-refractivity contribution >= 4 is 22.7 Å². The van der Waals surface area contributed by atoms with Crippen LogP contribution in [0.3, 0.4) is 0 Å². The van der Waals surface area contributed by atoms with E-state index in [0.29, 0.717) is 6.61 Å². The van der Waals surface area contributed by atoms with Gasteiger partial charge in [-0.05, 0) is 36.9 Å². The van der Waals surface area contributed by atoms with Crippen molar-refractivity contribution in [1.29, 1.82) is 0 Å². The summed E-state index contributed by atoms with van der Waals surface area (Å²) in [5, 5.41) is 2.11. The van der Waals surface area contributed by atoms with Crippen LogP contribution in [0.15, 0.2) is 35.7 Å². The molecule has 2 N–H and O–H groups in total. The molecule has 0 saturated heterocycles. The lowest BCUT2D eigenvalue weighted by atomic mass is 10.2. The van der Waals surface area contributed by atoms with Crippen molar-refractivity contribution in [2.75, 3.05) is 30.8 Å². The lowest BCUT2D eigenvalue weighted by molar-refractivity contribution is 0.342. The largest absolute Gasteiger partial charge is 0.492 e. The van der Waals surface area contributed by atoms with Crippen LogP contribution < -0.4 is 15.4 Å². The monoisotopic (exact) mass is 276 g/mol. The Hall–Kier alpha value is -1.68. The number of rotatable bonds is 6. The summed E-state index contributed by atoms with van der Waals surface area (Å²) in [6.45, 7) is 3.54. The predicted octanol–water partition coefficient (Wildman–Crippen LogP) is 3.41. The molecule has 2 aromatic rings. The fraction of sp³-hybridized carbons (Fsp3) is 0.333. The molecule has 19 heavy (non-hydrogen) atoms. The first-order chi connectivity index (χ1) is 9.22. The molecule has 0 atom stereocenters. The van der Waals surface area contributed by atoms with Crippen molar-refractivity contribution in [3.8, 4) is 5.75 Å². The SMILES string of the molecule is CCOc1cccc(N(C)CCc2cccs2)c1N. The summed E-state index contributed by atoms with van der Waals surface area (Å²) >= 11 is 1.79. The van der Waals surface area contributed by atoms with Gasteiger partial charge < -0.3 is 15.4 Å². The summed E-state index contributed by atoms with van der Waals surface area (Å²) < 4.78 is 5.53. The van der Waals surface area contributed by atoms with Crippen LogP contribution in [0.5, 0.6) is 5.75 Å². The minimum atomic E-state index is 0.632. The Bertz CT molecular complexity index is 511. The summed E-state index contributed by atoms with van der Waals surface area (Å²) in [6, 6.07) is 10.2. The van der Waals surface area contributed by atoms with Crippen LogP contribution in [0.4, 0.5) is 11.4 Å². The van der Waals surface area contributed by atoms with Crippen molar-refractivity contribution in [2.24, 2.45) is 0 Å². The normalized spacial score (nSPS) is 10.4. The molecule has 1 heterocycles. The number of hydrogen-bond donors (Lipinski definition) is 1. The average molecular weight is 276 g/mol. The van der Waals surface area contributed by atoms with Crippen molar-refractivity contribution in [3.63, 3.8) is 0 Å². The number of likely N-dealkylation sites (N-methyl/N-ethyl adjacent to an activating group) is 1. The van der Waals surface area contributed by atoms with Gasteiger partial charge in [-0.15, -0.1) is 11.3 Å². The van der Waals surface area contributed by atoms with Crippen molar-refractivity contribution < 1.29 is 4.74 Å². The van der Waals surface area contributed by atoms with Gasteiger partial charge >= 0.3 is 0 Å². The first-order valence-electron chi connectivity index (χ1n) is 6.47. The highest BCUT2D eigenvalue weighted by Gasteiger charge is 2.09. The standard InChI is InChI=1S/C15H20N2OS/c1-3-18-14-8-4-7-13(15(14)16)17(2)10-9-12-6-5-11-19-12/h4-8,11H,3,9-10,16H2,1-2H3. The number of thiophene rings is 1. The summed E-state index contributed by atoms with van der Waals surface area (Å²) in [7, 11) is 2.06. The molecule has 1 aromatic heterocycles. The molecular formula is C15H20N2OS. The second kappa shape index (κ2) is 6.48. The van der Waals surface area contributed by atoms with Gasteiger partial charge in [-0.2, -0.15) is 0 Å². The van der Waals surface area contributed by atoms with Crippen LogP contribution in [0, 0.1) is 0 Å². The zero-order valence-electron chi connectivity index (χ0n) is 11.4. The van der Waals surface area contributed by atoms with Gasteiger partial charge in [0.15, 0.2) is 0 Å². The number of para-hydroxylation sites is 1. The topological polar surface area (TPSA) is 38.5 Å². The van der Waals surface area contributed by atoms with Gasteiger partial charge in [-0.3, -0.25) is 0 Å². The highest BCUT2D eigenvalue weighted by atomic mass is 32.1. The Balaban J connectivity index is 2.06. The minimum Gasteiger partial charge on any atom is -0.492 e.